The molecule has 2 aromatic carbocycles. The lowest BCUT2D eigenvalue weighted by atomic mass is 9.90. The molecule has 0 spiro atoms. The van der Waals surface area contributed by atoms with Gasteiger partial charge in [0.25, 0.3) is 0 Å². The largest absolute Gasteiger partial charge is 0.492 e. The van der Waals surface area contributed by atoms with Gasteiger partial charge >= 0.3 is 5.63 Å². The summed E-state index contributed by atoms with van der Waals surface area (Å²) in [5, 5.41) is 14.6. The summed E-state index contributed by atoms with van der Waals surface area (Å²) in [6, 6.07) is 13.6. The Balaban J connectivity index is 1.38. The van der Waals surface area contributed by atoms with Crippen molar-refractivity contribution in [3.8, 4) is 11.5 Å². The van der Waals surface area contributed by atoms with Gasteiger partial charge in [0.2, 0.25) is 0 Å². The van der Waals surface area contributed by atoms with Gasteiger partial charge in [0, 0.05) is 18.2 Å². The van der Waals surface area contributed by atoms with E-state index >= 15 is 0 Å². The molecule has 0 bridgehead atoms. The Morgan fingerprint density at radius 1 is 1.06 bits per heavy atom. The van der Waals surface area contributed by atoms with E-state index in [0.29, 0.717) is 24.5 Å². The number of aliphatic hydroxyl groups excluding tert-OH is 1. The van der Waals surface area contributed by atoms with Crippen LogP contribution in [0.25, 0.3) is 11.0 Å². The van der Waals surface area contributed by atoms with Crippen molar-refractivity contribution >= 4 is 11.0 Å². The van der Waals surface area contributed by atoms with Crippen molar-refractivity contribution in [2.45, 2.75) is 51.7 Å². The average Bonchev–Trinajstić information content (AvgIpc) is 2.80. The van der Waals surface area contributed by atoms with Crippen LogP contribution < -0.4 is 20.4 Å². The van der Waals surface area contributed by atoms with Crippen LogP contribution in [0.15, 0.2) is 51.7 Å². The topological polar surface area (TPSA) is 80.9 Å². The normalized spacial score (nSPS) is 15.2. The maximum Gasteiger partial charge on any atom is 0.339 e. The van der Waals surface area contributed by atoms with Crippen molar-refractivity contribution in [2.75, 3.05) is 19.8 Å². The quantitative estimate of drug-likeness (QED) is 0.496. The molecule has 0 saturated heterocycles. The van der Waals surface area contributed by atoms with Gasteiger partial charge in [-0.2, -0.15) is 0 Å². The number of rotatable bonds is 9. The second kappa shape index (κ2) is 10.2. The standard InChI is InChI=1S/C26H31NO5/c1-17-12-23(25-21-10-6-7-11-22(21)26(29)32-24(25)13-17)31-16-19(28)14-27-18(2)15-30-20-8-4-3-5-9-20/h3-5,8-9,12-13,18-19,27-28H,6-7,10-11,14-16H2,1-2H3. The van der Waals surface area contributed by atoms with Crippen molar-refractivity contribution in [3.05, 3.63) is 69.6 Å². The zero-order chi connectivity index (χ0) is 22.5. The fourth-order valence-electron chi connectivity index (χ4n) is 4.16. The third-order valence-electron chi connectivity index (χ3n) is 5.81. The van der Waals surface area contributed by atoms with E-state index in [0.717, 1.165) is 53.5 Å². The highest BCUT2D eigenvalue weighted by Crippen LogP contribution is 2.34. The molecule has 2 unspecified atom stereocenters. The van der Waals surface area contributed by atoms with Crippen LogP contribution in [0.2, 0.25) is 0 Å². The highest BCUT2D eigenvalue weighted by Gasteiger charge is 2.21. The number of aliphatic hydroxyl groups is 1. The fourth-order valence-corrected chi connectivity index (χ4v) is 4.16. The number of ether oxygens (including phenoxy) is 2. The van der Waals surface area contributed by atoms with Crippen LogP contribution in [0.1, 0.15) is 36.5 Å². The predicted octanol–water partition coefficient (Wildman–Crippen LogP) is 3.78. The fraction of sp³-hybridized carbons (Fsp3) is 0.423. The molecule has 0 aliphatic heterocycles. The Labute approximate surface area is 188 Å². The number of para-hydroxylation sites is 1. The molecule has 2 atom stereocenters. The lowest BCUT2D eigenvalue weighted by molar-refractivity contribution is 0.102. The van der Waals surface area contributed by atoms with Crippen LogP contribution in [-0.4, -0.2) is 37.0 Å². The second-order valence-electron chi connectivity index (χ2n) is 8.59. The molecular formula is C26H31NO5. The van der Waals surface area contributed by atoms with Crippen LogP contribution in [0.3, 0.4) is 0 Å². The van der Waals surface area contributed by atoms with Crippen LogP contribution in [0.4, 0.5) is 0 Å². The minimum atomic E-state index is -0.684. The second-order valence-corrected chi connectivity index (χ2v) is 8.59. The van der Waals surface area contributed by atoms with Crippen molar-refractivity contribution in [1.29, 1.82) is 0 Å². The third kappa shape index (κ3) is 5.31. The van der Waals surface area contributed by atoms with Gasteiger partial charge in [-0.3, -0.25) is 0 Å². The van der Waals surface area contributed by atoms with E-state index < -0.39 is 6.10 Å². The summed E-state index contributed by atoms with van der Waals surface area (Å²) in [7, 11) is 0. The highest BCUT2D eigenvalue weighted by molar-refractivity contribution is 5.88. The number of benzene rings is 2. The molecule has 0 amide bonds. The van der Waals surface area contributed by atoms with Crippen molar-refractivity contribution in [1.82, 2.24) is 5.32 Å². The molecule has 0 saturated carbocycles. The van der Waals surface area contributed by atoms with E-state index in [1.165, 1.54) is 0 Å². The first-order chi connectivity index (χ1) is 15.5. The van der Waals surface area contributed by atoms with Crippen molar-refractivity contribution in [3.63, 3.8) is 0 Å². The molecule has 6 heteroatoms. The molecular weight excluding hydrogens is 406 g/mol. The minimum absolute atomic E-state index is 0.0750. The molecule has 1 aliphatic carbocycles. The Bertz CT molecular complexity index is 1110. The zero-order valence-corrected chi connectivity index (χ0v) is 18.7. The first-order valence-electron chi connectivity index (χ1n) is 11.3. The summed E-state index contributed by atoms with van der Waals surface area (Å²) in [4.78, 5) is 12.4. The SMILES string of the molecule is Cc1cc(OCC(O)CNC(C)COc2ccccc2)c2c3c(c(=O)oc2c1)CCCC3. The van der Waals surface area contributed by atoms with Gasteiger partial charge in [-0.1, -0.05) is 18.2 Å². The number of fused-ring (bicyclic) bond motifs is 3. The van der Waals surface area contributed by atoms with E-state index in [1.54, 1.807) is 0 Å². The van der Waals surface area contributed by atoms with Gasteiger partial charge in [-0.15, -0.1) is 0 Å². The lowest BCUT2D eigenvalue weighted by Gasteiger charge is -2.21. The lowest BCUT2D eigenvalue weighted by Crippen LogP contribution is -2.39. The molecule has 2 N–H and O–H groups in total. The molecule has 4 rings (SSSR count). The van der Waals surface area contributed by atoms with Gasteiger partial charge in [0.15, 0.2) is 0 Å². The van der Waals surface area contributed by atoms with Crippen molar-refractivity contribution < 1.29 is 19.0 Å². The molecule has 1 aromatic heterocycles. The first-order valence-corrected chi connectivity index (χ1v) is 11.3. The molecule has 0 fully saturated rings. The summed E-state index contributed by atoms with van der Waals surface area (Å²) in [6.45, 7) is 4.99. The maximum absolute atomic E-state index is 12.4. The molecule has 0 radical (unpaired) electrons. The van der Waals surface area contributed by atoms with Gasteiger partial charge in [-0.05, 0) is 74.9 Å². The van der Waals surface area contributed by atoms with E-state index in [9.17, 15) is 9.90 Å². The predicted molar refractivity (Wildman–Crippen MR) is 125 cm³/mol. The van der Waals surface area contributed by atoms with E-state index in [2.05, 4.69) is 5.32 Å². The van der Waals surface area contributed by atoms with Crippen LogP contribution in [-0.2, 0) is 12.8 Å². The average molecular weight is 438 g/mol. The summed E-state index contributed by atoms with van der Waals surface area (Å²) >= 11 is 0. The molecule has 170 valence electrons. The van der Waals surface area contributed by atoms with Gasteiger partial charge in [-0.25, -0.2) is 4.79 Å². The highest BCUT2D eigenvalue weighted by atomic mass is 16.5. The number of nitrogens with one attached hydrogen (secondary N) is 1. The summed E-state index contributed by atoms with van der Waals surface area (Å²) in [5.74, 6) is 1.49. The Morgan fingerprint density at radius 2 is 1.81 bits per heavy atom. The van der Waals surface area contributed by atoms with Crippen LogP contribution in [0, 0.1) is 6.92 Å². The van der Waals surface area contributed by atoms with Gasteiger partial charge < -0.3 is 24.3 Å². The molecule has 6 nitrogen and oxygen atoms in total. The zero-order valence-electron chi connectivity index (χ0n) is 18.7. The summed E-state index contributed by atoms with van der Waals surface area (Å²) in [5.41, 5.74) is 3.08. The van der Waals surface area contributed by atoms with E-state index in [1.807, 2.05) is 56.3 Å². The first kappa shape index (κ1) is 22.4. The van der Waals surface area contributed by atoms with Crippen molar-refractivity contribution in [2.24, 2.45) is 0 Å². The third-order valence-corrected chi connectivity index (χ3v) is 5.81. The molecule has 1 heterocycles. The maximum atomic E-state index is 12.4. The monoisotopic (exact) mass is 437 g/mol. The number of hydrogen-bond donors (Lipinski definition) is 2. The minimum Gasteiger partial charge on any atom is -0.492 e. The number of hydrogen-bond acceptors (Lipinski definition) is 6. The summed E-state index contributed by atoms with van der Waals surface area (Å²) < 4.78 is 17.4. The Morgan fingerprint density at radius 3 is 2.59 bits per heavy atom. The molecule has 3 aromatic rings. The summed E-state index contributed by atoms with van der Waals surface area (Å²) in [6.07, 6.45) is 2.96. The number of aryl methyl sites for hydroxylation is 2. The molecule has 1 aliphatic rings. The Kier molecular flexibility index (Phi) is 7.12. The molecule has 32 heavy (non-hydrogen) atoms. The van der Waals surface area contributed by atoms with Crippen LogP contribution >= 0.6 is 0 Å². The van der Waals surface area contributed by atoms with Gasteiger partial charge in [0.1, 0.15) is 36.4 Å². The Hall–Kier alpha value is -2.83. The van der Waals surface area contributed by atoms with E-state index in [4.69, 9.17) is 13.9 Å². The smallest absolute Gasteiger partial charge is 0.339 e. The van der Waals surface area contributed by atoms with Crippen LogP contribution in [0.5, 0.6) is 11.5 Å². The van der Waals surface area contributed by atoms with Gasteiger partial charge in [0.05, 0.1) is 5.39 Å². The van der Waals surface area contributed by atoms with E-state index in [-0.39, 0.29) is 18.3 Å².